The minimum Gasteiger partial charge on any atom is -0.376 e. The highest BCUT2D eigenvalue weighted by atomic mass is 16.2. The highest BCUT2D eigenvalue weighted by Crippen LogP contribution is 2.51. The lowest BCUT2D eigenvalue weighted by atomic mass is 9.80. The number of benzene rings is 2. The van der Waals surface area contributed by atoms with Crippen molar-refractivity contribution < 1.29 is 9.59 Å². The smallest absolute Gasteiger partial charge is 0.251 e. The molecular formula is C30H31N5O2. The second kappa shape index (κ2) is 9.78. The van der Waals surface area contributed by atoms with Gasteiger partial charge in [-0.25, -0.2) is 0 Å². The van der Waals surface area contributed by atoms with Gasteiger partial charge in [0.05, 0.1) is 29.6 Å². The third-order valence-electron chi connectivity index (χ3n) is 8.38. The summed E-state index contributed by atoms with van der Waals surface area (Å²) < 4.78 is 0. The summed E-state index contributed by atoms with van der Waals surface area (Å²) in [6.07, 6.45) is 6.44. The molecule has 0 bridgehead atoms. The predicted molar refractivity (Wildman–Crippen MR) is 141 cm³/mol. The minimum absolute atomic E-state index is 0.00931. The van der Waals surface area contributed by atoms with Crippen molar-refractivity contribution in [1.82, 2.24) is 15.2 Å². The van der Waals surface area contributed by atoms with E-state index in [0.29, 0.717) is 17.7 Å². The molecule has 1 aromatic heterocycles. The Bertz CT molecular complexity index is 1330. The number of hydrogen-bond acceptors (Lipinski definition) is 4. The lowest BCUT2D eigenvalue weighted by molar-refractivity contribution is -0.138. The number of nitriles is 1. The van der Waals surface area contributed by atoms with Gasteiger partial charge in [-0.05, 0) is 67.3 Å². The zero-order chi connectivity index (χ0) is 25.4. The summed E-state index contributed by atoms with van der Waals surface area (Å²) in [6, 6.07) is 21.1. The minimum atomic E-state index is -0.235. The number of H-pyrrole nitrogens is 1. The normalized spacial score (nSPS) is 26.4. The largest absolute Gasteiger partial charge is 0.376 e. The average molecular weight is 494 g/mol. The highest BCUT2D eigenvalue weighted by Gasteiger charge is 2.48. The maximum absolute atomic E-state index is 14.2. The summed E-state index contributed by atoms with van der Waals surface area (Å²) >= 11 is 0. The second-order valence-electron chi connectivity index (χ2n) is 10.4. The van der Waals surface area contributed by atoms with Gasteiger partial charge in [0.15, 0.2) is 0 Å². The Hall–Kier alpha value is -4.05. The molecule has 1 saturated heterocycles. The van der Waals surface area contributed by atoms with Gasteiger partial charge >= 0.3 is 0 Å². The average Bonchev–Trinajstić information content (AvgIpc) is 3.64. The van der Waals surface area contributed by atoms with Crippen LogP contribution in [0.3, 0.4) is 0 Å². The van der Waals surface area contributed by atoms with Crippen LogP contribution in [-0.4, -0.2) is 34.3 Å². The number of fused-ring (bicyclic) bond motifs is 3. The van der Waals surface area contributed by atoms with E-state index < -0.39 is 0 Å². The van der Waals surface area contributed by atoms with Crippen molar-refractivity contribution in [3.05, 3.63) is 89.2 Å². The van der Waals surface area contributed by atoms with Gasteiger partial charge in [-0.3, -0.25) is 9.59 Å². The number of rotatable bonds is 4. The quantitative estimate of drug-likeness (QED) is 0.480. The molecule has 2 aliphatic heterocycles. The number of para-hydroxylation sites is 1. The number of hydrogen-bond donors (Lipinski definition) is 3. The molecule has 188 valence electrons. The van der Waals surface area contributed by atoms with Gasteiger partial charge in [0.2, 0.25) is 5.91 Å². The van der Waals surface area contributed by atoms with Gasteiger partial charge in [-0.1, -0.05) is 31.0 Å². The van der Waals surface area contributed by atoms with E-state index in [4.69, 9.17) is 5.26 Å². The Labute approximate surface area is 216 Å². The fourth-order valence-electron chi connectivity index (χ4n) is 6.58. The van der Waals surface area contributed by atoms with Gasteiger partial charge in [0, 0.05) is 41.6 Å². The highest BCUT2D eigenvalue weighted by molar-refractivity contribution is 5.95. The van der Waals surface area contributed by atoms with E-state index >= 15 is 0 Å². The summed E-state index contributed by atoms with van der Waals surface area (Å²) in [5.41, 5.74) is 4.43. The van der Waals surface area contributed by atoms with Crippen LogP contribution in [0.4, 0.5) is 5.69 Å². The van der Waals surface area contributed by atoms with Crippen molar-refractivity contribution in [2.45, 2.75) is 50.2 Å². The number of carbonyl (C=O) groups is 2. The lowest BCUT2D eigenvalue weighted by Gasteiger charge is -2.41. The SMILES string of the molecule is N#Cc1ccc(C(=O)N[C@@H]2CCCC[C@@H]2C(=O)N2CC[C@@H]3[C@H](c4ccc[nH]4)Nc4ccccc4[C@@H]32)cc1. The predicted octanol–water partition coefficient (Wildman–Crippen LogP) is 4.93. The van der Waals surface area contributed by atoms with Crippen LogP contribution < -0.4 is 10.6 Å². The molecule has 1 aliphatic carbocycles. The summed E-state index contributed by atoms with van der Waals surface area (Å²) in [5.74, 6) is 0.000347. The summed E-state index contributed by atoms with van der Waals surface area (Å²) in [4.78, 5) is 32.7. The van der Waals surface area contributed by atoms with Crippen molar-refractivity contribution in [3.63, 3.8) is 0 Å². The van der Waals surface area contributed by atoms with Gasteiger partial charge in [0.25, 0.3) is 5.91 Å². The number of amides is 2. The summed E-state index contributed by atoms with van der Waals surface area (Å²) in [5, 5.41) is 15.9. The van der Waals surface area contributed by atoms with Gasteiger partial charge in [-0.15, -0.1) is 0 Å². The van der Waals surface area contributed by atoms with Gasteiger partial charge in [-0.2, -0.15) is 5.26 Å². The van der Waals surface area contributed by atoms with Gasteiger partial charge < -0.3 is 20.5 Å². The van der Waals surface area contributed by atoms with E-state index in [-0.39, 0.29) is 41.8 Å². The van der Waals surface area contributed by atoms with Crippen LogP contribution in [0.1, 0.15) is 71.4 Å². The Kier molecular flexibility index (Phi) is 6.17. The second-order valence-corrected chi connectivity index (χ2v) is 10.4. The molecule has 0 unspecified atom stereocenters. The van der Waals surface area contributed by atoms with Crippen LogP contribution >= 0.6 is 0 Å². The molecule has 3 N–H and O–H groups in total. The van der Waals surface area contributed by atoms with E-state index in [2.05, 4.69) is 50.9 Å². The Balaban J connectivity index is 1.25. The van der Waals surface area contributed by atoms with Crippen molar-refractivity contribution in [3.8, 4) is 6.07 Å². The number of carbonyl (C=O) groups excluding carboxylic acids is 2. The third-order valence-corrected chi connectivity index (χ3v) is 8.38. The van der Waals surface area contributed by atoms with Crippen LogP contribution in [0, 0.1) is 23.2 Å². The first-order chi connectivity index (χ1) is 18.1. The van der Waals surface area contributed by atoms with E-state index in [1.165, 1.54) is 5.56 Å². The number of nitrogens with zero attached hydrogens (tertiary/aromatic N) is 2. The van der Waals surface area contributed by atoms with Crippen molar-refractivity contribution in [2.75, 3.05) is 11.9 Å². The van der Waals surface area contributed by atoms with Crippen LogP contribution in [0.25, 0.3) is 0 Å². The molecular weight excluding hydrogens is 462 g/mol. The lowest BCUT2D eigenvalue weighted by Crippen LogP contribution is -2.50. The molecule has 2 aromatic carbocycles. The first-order valence-corrected chi connectivity index (χ1v) is 13.2. The molecule has 3 aliphatic rings. The van der Waals surface area contributed by atoms with Crippen molar-refractivity contribution >= 4 is 17.5 Å². The van der Waals surface area contributed by atoms with E-state index in [1.807, 2.05) is 18.3 Å². The molecule has 3 aromatic rings. The molecule has 2 fully saturated rings. The molecule has 0 spiro atoms. The van der Waals surface area contributed by atoms with Crippen LogP contribution in [0.2, 0.25) is 0 Å². The number of nitrogens with one attached hydrogen (secondary N) is 3. The standard InChI is InChI=1S/C30H31N5O2/c31-18-19-11-13-20(14-12-19)29(36)34-25-9-4-2-7-22(25)30(37)35-17-15-23-27(26-10-5-16-32-26)33-24-8-3-1-6-21(24)28(23)35/h1,3,5-6,8,10-14,16,22-23,25,27-28,32-33H,2,4,7,9,15,17H2,(H,34,36)/t22-,23+,25+,27+,28-/m0/s1. The number of anilines is 1. The van der Waals surface area contributed by atoms with Crippen LogP contribution in [0.15, 0.2) is 66.9 Å². The monoisotopic (exact) mass is 493 g/mol. The molecule has 6 rings (SSSR count). The van der Waals surface area contributed by atoms with E-state index in [9.17, 15) is 9.59 Å². The number of likely N-dealkylation sites (tertiary alicyclic amines) is 1. The maximum Gasteiger partial charge on any atom is 0.251 e. The van der Waals surface area contributed by atoms with E-state index in [1.54, 1.807) is 24.3 Å². The number of aromatic nitrogens is 1. The molecule has 37 heavy (non-hydrogen) atoms. The zero-order valence-electron chi connectivity index (χ0n) is 20.7. The zero-order valence-corrected chi connectivity index (χ0v) is 20.7. The third kappa shape index (κ3) is 4.27. The Morgan fingerprint density at radius 2 is 1.78 bits per heavy atom. The molecule has 7 heteroatoms. The maximum atomic E-state index is 14.2. The van der Waals surface area contributed by atoms with Gasteiger partial charge in [0.1, 0.15) is 0 Å². The molecule has 2 amide bonds. The summed E-state index contributed by atoms with van der Waals surface area (Å²) in [7, 11) is 0. The summed E-state index contributed by atoms with van der Waals surface area (Å²) in [6.45, 7) is 0.716. The molecule has 0 radical (unpaired) electrons. The first-order valence-electron chi connectivity index (χ1n) is 13.2. The van der Waals surface area contributed by atoms with Crippen molar-refractivity contribution in [2.24, 2.45) is 11.8 Å². The Morgan fingerprint density at radius 1 is 0.973 bits per heavy atom. The van der Waals surface area contributed by atoms with Crippen molar-refractivity contribution in [1.29, 1.82) is 5.26 Å². The molecule has 1 saturated carbocycles. The van der Waals surface area contributed by atoms with E-state index in [0.717, 1.165) is 43.5 Å². The molecule has 5 atom stereocenters. The van der Waals surface area contributed by atoms with Crippen LogP contribution in [0.5, 0.6) is 0 Å². The molecule has 3 heterocycles. The molecule has 7 nitrogen and oxygen atoms in total. The Morgan fingerprint density at radius 3 is 2.57 bits per heavy atom. The van der Waals surface area contributed by atoms with Crippen LogP contribution in [-0.2, 0) is 4.79 Å². The first kappa shape index (κ1) is 23.4. The topological polar surface area (TPSA) is 101 Å². The number of aromatic amines is 1. The fraction of sp³-hybridized carbons (Fsp3) is 0.367. The fourth-order valence-corrected chi connectivity index (χ4v) is 6.58.